The molecule has 1 aliphatic carbocycles. The maximum absolute atomic E-state index is 12.8. The summed E-state index contributed by atoms with van der Waals surface area (Å²) in [6, 6.07) is 9.46. The van der Waals surface area contributed by atoms with Crippen molar-refractivity contribution in [2.45, 2.75) is 32.1 Å². The Morgan fingerprint density at radius 2 is 1.57 bits per heavy atom. The smallest absolute Gasteiger partial charge is 0.228 e. The normalized spacial score (nSPS) is 24.3. The lowest BCUT2D eigenvalue weighted by atomic mass is 9.81. The van der Waals surface area contributed by atoms with Gasteiger partial charge in [-0.25, -0.2) is 0 Å². The van der Waals surface area contributed by atoms with Crippen LogP contribution in [0.5, 0.6) is 0 Å². The van der Waals surface area contributed by atoms with E-state index in [1.165, 1.54) is 6.42 Å². The molecule has 23 heavy (non-hydrogen) atoms. The van der Waals surface area contributed by atoms with Crippen molar-refractivity contribution in [2.24, 2.45) is 11.8 Å². The lowest BCUT2D eigenvalue weighted by Gasteiger charge is -2.34. The van der Waals surface area contributed by atoms with E-state index in [1.54, 1.807) is 0 Å². The van der Waals surface area contributed by atoms with E-state index >= 15 is 0 Å². The van der Waals surface area contributed by atoms with Crippen LogP contribution in [-0.4, -0.2) is 29.8 Å². The van der Waals surface area contributed by atoms with Crippen LogP contribution in [0.1, 0.15) is 32.1 Å². The summed E-state index contributed by atoms with van der Waals surface area (Å²) in [7, 11) is 0. The number of carbonyl (C=O) groups is 2. The van der Waals surface area contributed by atoms with E-state index in [9.17, 15) is 9.59 Å². The summed E-state index contributed by atoms with van der Waals surface area (Å²) in [4.78, 5) is 27.4. The van der Waals surface area contributed by atoms with E-state index in [0.717, 1.165) is 31.6 Å². The topological polar surface area (TPSA) is 49.4 Å². The molecule has 4 heteroatoms. The fourth-order valence-corrected chi connectivity index (χ4v) is 3.48. The molecule has 4 nitrogen and oxygen atoms in total. The summed E-state index contributed by atoms with van der Waals surface area (Å²) in [6.07, 6.45) is 8.73. The molecule has 2 aliphatic rings. The molecule has 1 N–H and O–H groups in total. The highest BCUT2D eigenvalue weighted by Crippen LogP contribution is 2.29. The summed E-state index contributed by atoms with van der Waals surface area (Å²) < 4.78 is 0. The van der Waals surface area contributed by atoms with Crippen molar-refractivity contribution in [2.75, 3.05) is 18.4 Å². The van der Waals surface area contributed by atoms with Gasteiger partial charge in [-0.2, -0.15) is 0 Å². The molecule has 0 saturated carbocycles. The Morgan fingerprint density at radius 1 is 0.913 bits per heavy atom. The van der Waals surface area contributed by atoms with Gasteiger partial charge in [-0.15, -0.1) is 0 Å². The van der Waals surface area contributed by atoms with Crippen molar-refractivity contribution in [1.82, 2.24) is 4.90 Å². The monoisotopic (exact) mass is 312 g/mol. The molecule has 1 aromatic carbocycles. The van der Waals surface area contributed by atoms with Gasteiger partial charge in [0.05, 0.1) is 11.8 Å². The van der Waals surface area contributed by atoms with E-state index in [0.29, 0.717) is 12.8 Å². The molecule has 3 rings (SSSR count). The highest BCUT2D eigenvalue weighted by molar-refractivity contribution is 5.96. The van der Waals surface area contributed by atoms with Gasteiger partial charge < -0.3 is 10.2 Å². The second-order valence-electron chi connectivity index (χ2n) is 6.40. The van der Waals surface area contributed by atoms with Crippen LogP contribution in [-0.2, 0) is 9.59 Å². The number of piperidine rings is 1. The summed E-state index contributed by atoms with van der Waals surface area (Å²) in [5.41, 5.74) is 0.788. The number of rotatable bonds is 3. The van der Waals surface area contributed by atoms with Gasteiger partial charge in [-0.1, -0.05) is 30.4 Å². The number of hydrogen-bond donors (Lipinski definition) is 1. The molecule has 1 heterocycles. The van der Waals surface area contributed by atoms with Crippen LogP contribution in [0.15, 0.2) is 42.5 Å². The van der Waals surface area contributed by atoms with Crippen LogP contribution in [0, 0.1) is 11.8 Å². The molecule has 2 atom stereocenters. The number of carbonyl (C=O) groups excluding carboxylic acids is 2. The Balaban J connectivity index is 1.69. The lowest BCUT2D eigenvalue weighted by molar-refractivity contribution is -0.141. The molecule has 0 spiro atoms. The first-order chi connectivity index (χ1) is 11.3. The number of likely N-dealkylation sites (tertiary alicyclic amines) is 1. The van der Waals surface area contributed by atoms with Crippen molar-refractivity contribution < 1.29 is 9.59 Å². The molecular formula is C19H24N2O2. The van der Waals surface area contributed by atoms with E-state index < -0.39 is 0 Å². The minimum absolute atomic E-state index is 0.0455. The van der Waals surface area contributed by atoms with Gasteiger partial charge in [0.15, 0.2) is 0 Å². The maximum atomic E-state index is 12.8. The van der Waals surface area contributed by atoms with Gasteiger partial charge >= 0.3 is 0 Å². The zero-order valence-corrected chi connectivity index (χ0v) is 13.4. The second-order valence-corrected chi connectivity index (χ2v) is 6.40. The Bertz CT molecular complexity index is 576. The molecule has 0 aromatic heterocycles. The Kier molecular flexibility index (Phi) is 5.11. The predicted molar refractivity (Wildman–Crippen MR) is 90.9 cm³/mol. The largest absolute Gasteiger partial charge is 0.342 e. The minimum atomic E-state index is -0.269. The average Bonchev–Trinajstić information content (AvgIpc) is 2.62. The van der Waals surface area contributed by atoms with Crippen LogP contribution in [0.4, 0.5) is 5.69 Å². The van der Waals surface area contributed by atoms with Gasteiger partial charge in [0.25, 0.3) is 0 Å². The molecule has 122 valence electrons. The van der Waals surface area contributed by atoms with Crippen molar-refractivity contribution in [1.29, 1.82) is 0 Å². The van der Waals surface area contributed by atoms with Gasteiger partial charge in [0.1, 0.15) is 0 Å². The third-order valence-corrected chi connectivity index (χ3v) is 4.80. The first kappa shape index (κ1) is 15.8. The Labute approximate surface area is 137 Å². The first-order valence-corrected chi connectivity index (χ1v) is 8.55. The highest BCUT2D eigenvalue weighted by atomic mass is 16.2. The van der Waals surface area contributed by atoms with Gasteiger partial charge in [-0.3, -0.25) is 9.59 Å². The first-order valence-electron chi connectivity index (χ1n) is 8.55. The van der Waals surface area contributed by atoms with Crippen molar-refractivity contribution >= 4 is 17.5 Å². The number of anilines is 1. The molecular weight excluding hydrogens is 288 g/mol. The second kappa shape index (κ2) is 7.44. The van der Waals surface area contributed by atoms with Crippen molar-refractivity contribution in [3.8, 4) is 0 Å². The standard InChI is InChI=1S/C19H24N2O2/c22-18(20-15-9-3-1-4-10-15)16-11-5-6-12-17(16)19(23)21-13-7-2-8-14-21/h1,3-6,9-10,16-17H,2,7-8,11-14H2,(H,20,22). The SMILES string of the molecule is O=C(Nc1ccccc1)C1CC=CCC1C(=O)N1CCCCC1. The molecule has 0 bridgehead atoms. The number of para-hydroxylation sites is 1. The lowest BCUT2D eigenvalue weighted by Crippen LogP contribution is -2.45. The van der Waals surface area contributed by atoms with E-state index in [-0.39, 0.29) is 23.7 Å². The molecule has 2 unspecified atom stereocenters. The molecule has 1 aromatic rings. The third-order valence-electron chi connectivity index (χ3n) is 4.80. The Hall–Kier alpha value is -2.10. The highest BCUT2D eigenvalue weighted by Gasteiger charge is 2.36. The summed E-state index contributed by atoms with van der Waals surface area (Å²) in [5.74, 6) is -0.380. The molecule has 1 aliphatic heterocycles. The fourth-order valence-electron chi connectivity index (χ4n) is 3.48. The zero-order chi connectivity index (χ0) is 16.1. The number of allylic oxidation sites excluding steroid dienone is 2. The van der Waals surface area contributed by atoms with Crippen LogP contribution in [0.2, 0.25) is 0 Å². The van der Waals surface area contributed by atoms with E-state index in [1.807, 2.05) is 47.4 Å². The number of hydrogen-bond acceptors (Lipinski definition) is 2. The predicted octanol–water partition coefficient (Wildman–Crippen LogP) is 3.22. The maximum Gasteiger partial charge on any atom is 0.228 e. The number of amides is 2. The van der Waals surface area contributed by atoms with Crippen molar-refractivity contribution in [3.05, 3.63) is 42.5 Å². The van der Waals surface area contributed by atoms with Gasteiger partial charge in [0, 0.05) is 18.8 Å². The fraction of sp³-hybridized carbons (Fsp3) is 0.474. The average molecular weight is 312 g/mol. The molecule has 2 amide bonds. The van der Waals surface area contributed by atoms with Gasteiger partial charge in [0.2, 0.25) is 11.8 Å². The van der Waals surface area contributed by atoms with Crippen LogP contribution < -0.4 is 5.32 Å². The summed E-state index contributed by atoms with van der Waals surface area (Å²) >= 11 is 0. The van der Waals surface area contributed by atoms with Crippen molar-refractivity contribution in [3.63, 3.8) is 0 Å². The van der Waals surface area contributed by atoms with E-state index in [2.05, 4.69) is 5.32 Å². The van der Waals surface area contributed by atoms with Crippen LogP contribution >= 0.6 is 0 Å². The third kappa shape index (κ3) is 3.81. The molecule has 1 saturated heterocycles. The van der Waals surface area contributed by atoms with Crippen LogP contribution in [0.25, 0.3) is 0 Å². The molecule has 1 fully saturated rings. The number of benzene rings is 1. The number of nitrogens with zero attached hydrogens (tertiary/aromatic N) is 1. The molecule has 0 radical (unpaired) electrons. The van der Waals surface area contributed by atoms with Gasteiger partial charge in [-0.05, 0) is 44.2 Å². The minimum Gasteiger partial charge on any atom is -0.342 e. The summed E-state index contributed by atoms with van der Waals surface area (Å²) in [5, 5.41) is 2.96. The Morgan fingerprint density at radius 3 is 2.26 bits per heavy atom. The zero-order valence-electron chi connectivity index (χ0n) is 13.4. The van der Waals surface area contributed by atoms with E-state index in [4.69, 9.17) is 0 Å². The summed E-state index contributed by atoms with van der Waals surface area (Å²) in [6.45, 7) is 1.68. The quantitative estimate of drug-likeness (QED) is 0.871. The van der Waals surface area contributed by atoms with Crippen LogP contribution in [0.3, 0.4) is 0 Å². The number of nitrogens with one attached hydrogen (secondary N) is 1.